The van der Waals surface area contributed by atoms with Gasteiger partial charge in [0.25, 0.3) is 0 Å². The Morgan fingerprint density at radius 1 is 1.32 bits per heavy atom. The van der Waals surface area contributed by atoms with Gasteiger partial charge < -0.3 is 16.0 Å². The molecule has 0 amide bonds. The molecule has 0 spiro atoms. The van der Waals surface area contributed by atoms with Crippen LogP contribution < -0.4 is 11.1 Å². The smallest absolute Gasteiger partial charge is 0.134 e. The number of hydrogen-bond acceptors (Lipinski definition) is 5. The van der Waals surface area contributed by atoms with E-state index in [1.165, 1.54) is 0 Å². The highest BCUT2D eigenvalue weighted by molar-refractivity contribution is 5.55. The Balaban J connectivity index is 2.75. The number of nitrogens with one attached hydrogen (secondary N) is 1. The third-order valence-electron chi connectivity index (χ3n) is 3.10. The van der Waals surface area contributed by atoms with Gasteiger partial charge in [0.05, 0.1) is 0 Å². The molecule has 0 bridgehead atoms. The lowest BCUT2D eigenvalue weighted by molar-refractivity contribution is 0.390. The van der Waals surface area contributed by atoms with Crippen LogP contribution in [0.5, 0.6) is 0 Å². The molecule has 19 heavy (non-hydrogen) atoms. The van der Waals surface area contributed by atoms with E-state index in [-0.39, 0.29) is 0 Å². The first-order valence-electron chi connectivity index (χ1n) is 6.98. The van der Waals surface area contributed by atoms with Gasteiger partial charge >= 0.3 is 0 Å². The molecule has 0 fully saturated rings. The molecular weight excluding hydrogens is 238 g/mol. The molecule has 1 aromatic rings. The molecule has 0 aromatic carbocycles. The van der Waals surface area contributed by atoms with Crippen molar-refractivity contribution < 1.29 is 0 Å². The minimum Gasteiger partial charge on any atom is -0.383 e. The van der Waals surface area contributed by atoms with Crippen LogP contribution in [-0.4, -0.2) is 41.5 Å². The lowest BCUT2D eigenvalue weighted by atomic mass is 10.2. The number of anilines is 2. The summed E-state index contributed by atoms with van der Waals surface area (Å²) < 4.78 is 0. The fourth-order valence-electron chi connectivity index (χ4n) is 1.82. The first kappa shape index (κ1) is 15.7. The van der Waals surface area contributed by atoms with E-state index in [1.54, 1.807) is 0 Å². The molecule has 0 aliphatic heterocycles. The van der Waals surface area contributed by atoms with Gasteiger partial charge in [0.2, 0.25) is 0 Å². The van der Waals surface area contributed by atoms with Crippen LogP contribution in [-0.2, 0) is 6.42 Å². The number of nitrogens with two attached hydrogens (primary N) is 1. The first-order valence-corrected chi connectivity index (χ1v) is 6.98. The van der Waals surface area contributed by atoms with Crippen molar-refractivity contribution in [3.05, 3.63) is 11.4 Å². The van der Waals surface area contributed by atoms with Crippen molar-refractivity contribution in [1.29, 1.82) is 0 Å². The van der Waals surface area contributed by atoms with E-state index in [1.807, 2.05) is 6.92 Å². The summed E-state index contributed by atoms with van der Waals surface area (Å²) in [7, 11) is 4.17. The van der Waals surface area contributed by atoms with E-state index in [9.17, 15) is 0 Å². The number of aryl methyl sites for hydroxylation is 1. The van der Waals surface area contributed by atoms with E-state index in [2.05, 4.69) is 48.1 Å². The zero-order valence-corrected chi connectivity index (χ0v) is 12.8. The molecular formula is C14H27N5. The molecule has 0 aliphatic rings. The number of nitrogens with zero attached hydrogens (tertiary/aromatic N) is 3. The van der Waals surface area contributed by atoms with Crippen LogP contribution in [0.2, 0.25) is 0 Å². The van der Waals surface area contributed by atoms with Crippen molar-refractivity contribution >= 4 is 11.6 Å². The summed E-state index contributed by atoms with van der Waals surface area (Å²) in [4.78, 5) is 11.1. The Morgan fingerprint density at radius 3 is 2.58 bits per heavy atom. The van der Waals surface area contributed by atoms with Crippen molar-refractivity contribution in [3.63, 3.8) is 0 Å². The molecule has 0 saturated carbocycles. The second-order valence-corrected chi connectivity index (χ2v) is 5.39. The number of aromatic nitrogens is 2. The SMILES string of the molecule is CCCc1nc(N)c(C)c(NC(C)CCN(C)C)n1. The Morgan fingerprint density at radius 2 is 2.00 bits per heavy atom. The van der Waals surface area contributed by atoms with E-state index in [0.717, 1.165) is 43.0 Å². The monoisotopic (exact) mass is 265 g/mol. The molecule has 1 rings (SSSR count). The lowest BCUT2D eigenvalue weighted by Crippen LogP contribution is -2.24. The fraction of sp³-hybridized carbons (Fsp3) is 0.714. The Hall–Kier alpha value is -1.36. The molecule has 5 nitrogen and oxygen atoms in total. The van der Waals surface area contributed by atoms with Crippen molar-refractivity contribution in [1.82, 2.24) is 14.9 Å². The maximum absolute atomic E-state index is 5.95. The maximum Gasteiger partial charge on any atom is 0.134 e. The van der Waals surface area contributed by atoms with Crippen LogP contribution in [0.3, 0.4) is 0 Å². The van der Waals surface area contributed by atoms with Gasteiger partial charge in [-0.25, -0.2) is 9.97 Å². The zero-order chi connectivity index (χ0) is 14.4. The minimum absolute atomic E-state index is 0.366. The summed E-state index contributed by atoms with van der Waals surface area (Å²) in [5.74, 6) is 2.29. The lowest BCUT2D eigenvalue weighted by Gasteiger charge is -2.19. The number of nitrogen functional groups attached to an aromatic ring is 1. The number of hydrogen-bond donors (Lipinski definition) is 2. The van der Waals surface area contributed by atoms with Gasteiger partial charge in [-0.1, -0.05) is 6.92 Å². The summed E-state index contributed by atoms with van der Waals surface area (Å²) in [6.45, 7) is 7.30. The van der Waals surface area contributed by atoms with Crippen molar-refractivity contribution in [2.75, 3.05) is 31.7 Å². The largest absolute Gasteiger partial charge is 0.383 e. The van der Waals surface area contributed by atoms with Gasteiger partial charge in [-0.15, -0.1) is 0 Å². The first-order chi connectivity index (χ1) is 8.93. The van der Waals surface area contributed by atoms with E-state index < -0.39 is 0 Å². The van der Waals surface area contributed by atoms with Crippen LogP contribution in [0.15, 0.2) is 0 Å². The Labute approximate surface area is 116 Å². The normalized spacial score (nSPS) is 12.7. The van der Waals surface area contributed by atoms with Crippen molar-refractivity contribution in [2.24, 2.45) is 0 Å². The van der Waals surface area contributed by atoms with Gasteiger partial charge in [-0.3, -0.25) is 0 Å². The summed E-state index contributed by atoms with van der Waals surface area (Å²) in [5.41, 5.74) is 6.89. The van der Waals surface area contributed by atoms with E-state index >= 15 is 0 Å². The molecule has 0 radical (unpaired) electrons. The predicted octanol–water partition coefficient (Wildman–Crippen LogP) is 2.07. The average Bonchev–Trinajstić information content (AvgIpc) is 2.33. The summed E-state index contributed by atoms with van der Waals surface area (Å²) >= 11 is 0. The van der Waals surface area contributed by atoms with Crippen LogP contribution >= 0.6 is 0 Å². The second-order valence-electron chi connectivity index (χ2n) is 5.39. The van der Waals surface area contributed by atoms with Gasteiger partial charge in [-0.05, 0) is 47.3 Å². The fourth-order valence-corrected chi connectivity index (χ4v) is 1.82. The molecule has 3 N–H and O–H groups in total. The summed E-state index contributed by atoms with van der Waals surface area (Å²) in [5, 5.41) is 3.45. The van der Waals surface area contributed by atoms with Crippen LogP contribution in [0.1, 0.15) is 38.1 Å². The summed E-state index contributed by atoms with van der Waals surface area (Å²) in [6.07, 6.45) is 2.96. The topological polar surface area (TPSA) is 67.1 Å². The molecule has 0 saturated heterocycles. The van der Waals surface area contributed by atoms with Crippen molar-refractivity contribution in [3.8, 4) is 0 Å². The van der Waals surface area contributed by atoms with Crippen LogP contribution in [0.25, 0.3) is 0 Å². The molecule has 1 atom stereocenters. The summed E-state index contributed by atoms with van der Waals surface area (Å²) in [6, 6.07) is 0.366. The van der Waals surface area contributed by atoms with Crippen LogP contribution in [0.4, 0.5) is 11.6 Å². The Bertz CT molecular complexity index is 403. The molecule has 5 heteroatoms. The predicted molar refractivity (Wildman–Crippen MR) is 81.4 cm³/mol. The van der Waals surface area contributed by atoms with Gasteiger partial charge in [0, 0.05) is 18.0 Å². The van der Waals surface area contributed by atoms with Gasteiger partial charge in [0.1, 0.15) is 17.5 Å². The molecule has 1 aromatic heterocycles. The number of rotatable bonds is 7. The third kappa shape index (κ3) is 5.03. The minimum atomic E-state index is 0.366. The van der Waals surface area contributed by atoms with Crippen molar-refractivity contribution in [2.45, 2.75) is 46.1 Å². The highest BCUT2D eigenvalue weighted by Gasteiger charge is 2.11. The highest BCUT2D eigenvalue weighted by Crippen LogP contribution is 2.19. The van der Waals surface area contributed by atoms with Crippen LogP contribution in [0, 0.1) is 6.92 Å². The van der Waals surface area contributed by atoms with Gasteiger partial charge in [-0.2, -0.15) is 0 Å². The molecule has 1 unspecified atom stereocenters. The standard InChI is InChI=1S/C14H27N5/c1-6-7-12-17-13(15)11(3)14(18-12)16-10(2)8-9-19(4)5/h10H,6-9H2,1-5H3,(H3,15,16,17,18). The van der Waals surface area contributed by atoms with E-state index in [0.29, 0.717) is 11.9 Å². The maximum atomic E-state index is 5.95. The Kier molecular flexibility index (Phi) is 6.02. The van der Waals surface area contributed by atoms with Gasteiger partial charge in [0.15, 0.2) is 0 Å². The molecule has 108 valence electrons. The average molecular weight is 265 g/mol. The highest BCUT2D eigenvalue weighted by atomic mass is 15.1. The third-order valence-corrected chi connectivity index (χ3v) is 3.10. The quantitative estimate of drug-likeness (QED) is 0.790. The second kappa shape index (κ2) is 7.28. The van der Waals surface area contributed by atoms with E-state index in [4.69, 9.17) is 5.73 Å². The molecule has 0 aliphatic carbocycles. The zero-order valence-electron chi connectivity index (χ0n) is 12.8. The molecule has 1 heterocycles.